The number of rotatable bonds is 22. The molecule has 0 spiro atoms. The number of imide groups is 1. The van der Waals surface area contributed by atoms with Crippen molar-refractivity contribution in [3.63, 3.8) is 0 Å². The minimum atomic E-state index is -1.71. The van der Waals surface area contributed by atoms with Gasteiger partial charge in [0.2, 0.25) is 41.4 Å². The number of fused-ring (bicyclic) bond motifs is 1. The van der Waals surface area contributed by atoms with Crippen molar-refractivity contribution in [3.05, 3.63) is 120 Å². The van der Waals surface area contributed by atoms with Gasteiger partial charge >= 0.3 is 0 Å². The highest BCUT2D eigenvalue weighted by Crippen LogP contribution is 2.26. The molecule has 446 valence electrons. The van der Waals surface area contributed by atoms with Gasteiger partial charge in [-0.3, -0.25) is 52.8 Å². The number of ketones is 1. The van der Waals surface area contributed by atoms with Crippen molar-refractivity contribution in [2.45, 2.75) is 126 Å². The highest BCUT2D eigenvalue weighted by Gasteiger charge is 2.37. The van der Waals surface area contributed by atoms with Crippen molar-refractivity contribution < 1.29 is 63.3 Å². The van der Waals surface area contributed by atoms with Crippen LogP contribution in [-0.4, -0.2) is 170 Å². The monoisotopic (exact) mass is 1180 g/mol. The van der Waals surface area contributed by atoms with Gasteiger partial charge in [-0.15, -0.1) is 0 Å². The predicted octanol–water partition coefficient (Wildman–Crippen LogP) is 0.148. The average molecular weight is 1180 g/mol. The van der Waals surface area contributed by atoms with E-state index in [2.05, 4.69) is 42.2 Å². The van der Waals surface area contributed by atoms with Gasteiger partial charge in [-0.25, -0.2) is 0 Å². The van der Waals surface area contributed by atoms with Crippen LogP contribution in [0.15, 0.2) is 103 Å². The van der Waals surface area contributed by atoms with Crippen molar-refractivity contribution in [3.8, 4) is 0 Å². The molecule has 0 unspecified atom stereocenters. The minimum absolute atomic E-state index is 0.00652. The number of benzene rings is 3. The highest BCUT2D eigenvalue weighted by molar-refractivity contribution is 8.76. The van der Waals surface area contributed by atoms with Gasteiger partial charge in [-0.2, -0.15) is 0 Å². The van der Waals surface area contributed by atoms with Crippen molar-refractivity contribution >= 4 is 91.4 Å². The third-order valence-corrected chi connectivity index (χ3v) is 16.6. The van der Waals surface area contributed by atoms with Crippen LogP contribution < -0.4 is 43.0 Å². The first-order valence-electron chi connectivity index (χ1n) is 27.6. The van der Waals surface area contributed by atoms with Crippen molar-refractivity contribution in [1.82, 2.24) is 47.1 Å². The summed E-state index contributed by atoms with van der Waals surface area (Å²) >= 11 is 0. The number of aliphatic hydroxyl groups excluding tert-OH is 3. The van der Waals surface area contributed by atoms with E-state index in [1.807, 2.05) is 24.3 Å². The summed E-state index contributed by atoms with van der Waals surface area (Å²) in [6, 6.07) is 15.1. The number of aliphatic hydroxyl groups is 3. The van der Waals surface area contributed by atoms with Gasteiger partial charge in [0, 0.05) is 78.9 Å². The summed E-state index contributed by atoms with van der Waals surface area (Å²) in [6.45, 7) is 2.08. The second kappa shape index (κ2) is 32.4. The number of para-hydroxylation sites is 1. The van der Waals surface area contributed by atoms with E-state index >= 15 is 9.59 Å². The molecule has 10 atom stereocenters. The number of carbonyl (C=O) groups is 10. The lowest BCUT2D eigenvalue weighted by Crippen LogP contribution is -2.62. The normalized spacial score (nSPS) is 22.1. The molecule has 3 heterocycles. The van der Waals surface area contributed by atoms with E-state index in [0.29, 0.717) is 29.5 Å². The lowest BCUT2D eigenvalue weighted by Gasteiger charge is -2.29. The molecule has 1 aromatic heterocycles. The number of hydrogen-bond acceptors (Lipinski definition) is 16. The smallest absolute Gasteiger partial charge is 0.253 e. The molecule has 9 amide bonds. The first kappa shape index (κ1) is 64.7. The van der Waals surface area contributed by atoms with Gasteiger partial charge < -0.3 is 63.3 Å². The van der Waals surface area contributed by atoms with Crippen molar-refractivity contribution in [1.29, 1.82) is 0 Å². The van der Waals surface area contributed by atoms with E-state index in [-0.39, 0.29) is 63.1 Å². The zero-order valence-electron chi connectivity index (χ0n) is 46.3. The Kier molecular flexibility index (Phi) is 25.3. The zero-order chi connectivity index (χ0) is 60.0. The van der Waals surface area contributed by atoms with Gasteiger partial charge in [-0.1, -0.05) is 100 Å². The topological polar surface area (TPSA) is 361 Å². The number of Topliss-reactive ketones (excluding diaryl/α,β-unsaturated/α-hetero) is 1. The summed E-state index contributed by atoms with van der Waals surface area (Å²) in [6.07, 6.45) is 1.17. The maximum Gasteiger partial charge on any atom is 0.253 e. The predicted molar refractivity (Wildman–Crippen MR) is 312 cm³/mol. The summed E-state index contributed by atoms with van der Waals surface area (Å²) < 4.78 is 0. The highest BCUT2D eigenvalue weighted by atomic mass is 33.1. The number of hydrogen-bond donors (Lipinski definition) is 12. The fraction of sp³-hybridized carbons (Fsp3) is 0.448. The van der Waals surface area contributed by atoms with Crippen LogP contribution in [0, 0.1) is 5.92 Å². The van der Waals surface area contributed by atoms with Gasteiger partial charge in [0.25, 0.3) is 11.8 Å². The van der Waals surface area contributed by atoms with Gasteiger partial charge in [0.15, 0.2) is 5.78 Å². The van der Waals surface area contributed by atoms with Crippen molar-refractivity contribution in [2.75, 3.05) is 31.2 Å². The molecule has 4 aromatic rings. The van der Waals surface area contributed by atoms with Gasteiger partial charge in [0.05, 0.1) is 30.9 Å². The lowest BCUT2D eigenvalue weighted by molar-refractivity contribution is -0.137. The minimum Gasteiger partial charge on any atom is -0.394 e. The fourth-order valence-corrected chi connectivity index (χ4v) is 11.8. The third kappa shape index (κ3) is 19.6. The molecule has 1 fully saturated rings. The quantitative estimate of drug-likeness (QED) is 0.0283. The van der Waals surface area contributed by atoms with Crippen LogP contribution >= 0.6 is 21.6 Å². The molecular weight excluding hydrogens is 1110 g/mol. The standard InChI is InChI=1S/C58H74N10O13S2/c1-34(70)45(31-69)64-57(80)47-33-83-82-32-46(65-55(78)43(27-37-16-7-4-8-17-37)61-49(73)21-13-25-68-50(74)22-23-51(68)75)48(72)29-38(26-36-14-5-3-6-15-36)53(76)63-44(28-39-30-60-41-19-10-9-18-40(39)41)56(79)62-42(20-11-12-24-59)54(77)67-52(35(2)71)58(81)66-47/h3-10,14-19,22-23,30,34-35,38,42-47,52,60,69-71H,11-13,20-21,24-29,31-33,59H2,1-2H3,(H,61,73)(H,62,79)(H,63,76)(H,64,80)(H,65,78)(H,66,81)(H,67,77)/t34-,35-,38-,42+,43-,44-,45-,46+,47+,52+/m1/s1. The SMILES string of the molecule is C[C@@H](O)[C@@H]1NC(=O)[C@H](CCCCN)NC(=O)[C@@H](Cc2c[nH]c3ccccc23)NC(=O)[C@H](Cc2ccccc2)CC(=O)[C@@H](NC(=O)[C@@H](Cc2ccccc2)NC(=O)CCCN2C(=O)C=CC2=O)CSSC[C@@H](C(=O)N[C@H](CO)[C@@H](C)O)NC1=O. The molecule has 1 saturated heterocycles. The maximum absolute atomic E-state index is 15.1. The van der Waals surface area contributed by atoms with Crippen LogP contribution in [0.3, 0.4) is 0 Å². The third-order valence-electron chi connectivity index (χ3n) is 14.1. The number of aromatic amines is 1. The first-order chi connectivity index (χ1) is 39.8. The van der Waals surface area contributed by atoms with Gasteiger partial charge in [0.1, 0.15) is 30.2 Å². The van der Waals surface area contributed by atoms with Gasteiger partial charge in [-0.05, 0) is 75.3 Å². The summed E-state index contributed by atoms with van der Waals surface area (Å²) in [5.74, 6) is -8.96. The number of nitrogens with one attached hydrogen (secondary N) is 8. The molecule has 2 aliphatic heterocycles. The molecule has 0 radical (unpaired) electrons. The summed E-state index contributed by atoms with van der Waals surface area (Å²) in [5.41, 5.74) is 8.50. The molecule has 0 saturated carbocycles. The van der Waals surface area contributed by atoms with Crippen LogP contribution in [0.4, 0.5) is 0 Å². The number of nitrogens with two attached hydrogens (primary N) is 1. The molecular formula is C58H74N10O13S2. The maximum atomic E-state index is 15.1. The first-order valence-corrected chi connectivity index (χ1v) is 30.1. The molecule has 0 aliphatic carbocycles. The largest absolute Gasteiger partial charge is 0.394 e. The Morgan fingerprint density at radius 2 is 1.36 bits per heavy atom. The Bertz CT molecular complexity index is 2910. The molecule has 25 heteroatoms. The van der Waals surface area contributed by atoms with E-state index < -0.39 is 132 Å². The summed E-state index contributed by atoms with van der Waals surface area (Å²) in [7, 11) is 1.99. The van der Waals surface area contributed by atoms with E-state index in [9.17, 15) is 53.7 Å². The second-order valence-corrected chi connectivity index (χ2v) is 23.1. The number of amides is 9. The lowest BCUT2D eigenvalue weighted by atomic mass is 9.90. The number of aromatic nitrogens is 1. The Morgan fingerprint density at radius 1 is 0.723 bits per heavy atom. The van der Waals surface area contributed by atoms with Crippen LogP contribution in [0.2, 0.25) is 0 Å². The number of H-pyrrole nitrogens is 1. The summed E-state index contributed by atoms with van der Waals surface area (Å²) in [4.78, 5) is 144. The number of carbonyl (C=O) groups excluding carboxylic acids is 10. The number of nitrogens with zero attached hydrogens (tertiary/aromatic N) is 1. The molecule has 13 N–H and O–H groups in total. The van der Waals surface area contributed by atoms with Crippen LogP contribution in [0.25, 0.3) is 10.9 Å². The molecule has 0 bridgehead atoms. The Labute approximate surface area is 488 Å². The molecule has 3 aromatic carbocycles. The van der Waals surface area contributed by atoms with Crippen LogP contribution in [0.1, 0.15) is 69.1 Å². The molecule has 6 rings (SSSR count). The second-order valence-electron chi connectivity index (χ2n) is 20.6. The van der Waals surface area contributed by atoms with E-state index in [0.717, 1.165) is 49.5 Å². The Morgan fingerprint density at radius 3 is 2.02 bits per heavy atom. The Hall–Kier alpha value is -7.42. The fourth-order valence-electron chi connectivity index (χ4n) is 9.39. The zero-order valence-corrected chi connectivity index (χ0v) is 47.9. The average Bonchev–Trinajstić information content (AvgIpc) is 4.30. The van der Waals surface area contributed by atoms with E-state index in [1.165, 1.54) is 13.8 Å². The molecule has 83 heavy (non-hydrogen) atoms. The number of unbranched alkanes of at least 4 members (excludes halogenated alkanes) is 1. The van der Waals surface area contributed by atoms with Crippen molar-refractivity contribution in [2.24, 2.45) is 11.7 Å². The molecule has 2 aliphatic rings. The van der Waals surface area contributed by atoms with Crippen LogP contribution in [0.5, 0.6) is 0 Å². The van der Waals surface area contributed by atoms with E-state index in [4.69, 9.17) is 5.73 Å². The van der Waals surface area contributed by atoms with Crippen LogP contribution in [-0.2, 0) is 67.2 Å². The molecule has 23 nitrogen and oxygen atoms in total. The summed E-state index contributed by atoms with van der Waals surface area (Å²) in [5, 5.41) is 50.9. The Balaban J connectivity index is 1.39. The van der Waals surface area contributed by atoms with E-state index in [1.54, 1.807) is 66.9 Å².